The fraction of sp³-hybridized carbons (Fsp3) is 0.478. The predicted octanol–water partition coefficient (Wildman–Crippen LogP) is 3.57. The first kappa shape index (κ1) is 22.1. The van der Waals surface area contributed by atoms with E-state index in [4.69, 9.17) is 4.74 Å². The second-order valence-corrected chi connectivity index (χ2v) is 9.44. The zero-order valence-electron chi connectivity index (χ0n) is 19.3. The number of nitrogens with zero attached hydrogens (tertiary/aromatic N) is 7. The molecule has 0 unspecified atom stereocenters. The third kappa shape index (κ3) is 3.85. The topological polar surface area (TPSA) is 85.4 Å². The highest BCUT2D eigenvalue weighted by Crippen LogP contribution is 2.46. The normalized spacial score (nSPS) is 23.0. The van der Waals surface area contributed by atoms with Gasteiger partial charge >= 0.3 is 0 Å². The summed E-state index contributed by atoms with van der Waals surface area (Å²) in [7, 11) is 3.42. The molecule has 1 aromatic carbocycles. The van der Waals surface area contributed by atoms with Gasteiger partial charge in [-0.05, 0) is 37.2 Å². The van der Waals surface area contributed by atoms with Crippen LogP contribution in [0.4, 0.5) is 19.1 Å². The molecule has 2 aliphatic rings. The Hall–Kier alpha value is -3.41. The van der Waals surface area contributed by atoms with E-state index in [9.17, 15) is 13.2 Å². The number of piperidine rings is 1. The molecule has 1 N–H and O–H groups in total. The average Bonchev–Trinajstić information content (AvgIpc) is 3.42. The van der Waals surface area contributed by atoms with Crippen molar-refractivity contribution in [2.24, 2.45) is 0 Å². The summed E-state index contributed by atoms with van der Waals surface area (Å²) in [6, 6.07) is 6.73. The second-order valence-electron chi connectivity index (χ2n) is 9.44. The zero-order chi connectivity index (χ0) is 24.3. The quantitative estimate of drug-likeness (QED) is 0.462. The molecule has 0 spiro atoms. The molecule has 4 aromatic rings. The highest BCUT2D eigenvalue weighted by Gasteiger charge is 2.47. The number of rotatable bonds is 5. The lowest BCUT2D eigenvalue weighted by Crippen LogP contribution is -2.46. The van der Waals surface area contributed by atoms with Gasteiger partial charge in [-0.15, -0.1) is 10.2 Å². The number of ether oxygens (including phenoxy) is 1. The maximum atomic E-state index is 14.5. The van der Waals surface area contributed by atoms with Crippen molar-refractivity contribution in [1.29, 1.82) is 0 Å². The molecule has 3 aromatic heterocycles. The summed E-state index contributed by atoms with van der Waals surface area (Å²) >= 11 is 0. The molecule has 6 rings (SSSR count). The monoisotopic (exact) mass is 486 g/mol. The number of hydrogen-bond acceptors (Lipinski definition) is 7. The van der Waals surface area contributed by atoms with E-state index in [0.29, 0.717) is 35.4 Å². The van der Waals surface area contributed by atoms with Crippen LogP contribution in [0.2, 0.25) is 0 Å². The Labute approximate surface area is 198 Å². The summed E-state index contributed by atoms with van der Waals surface area (Å²) in [5.41, 5.74) is 3.62. The minimum absolute atomic E-state index is 0.237. The Kier molecular flexibility index (Phi) is 5.09. The lowest BCUT2D eigenvalue weighted by Gasteiger charge is -2.34. The van der Waals surface area contributed by atoms with Crippen LogP contribution in [0.1, 0.15) is 25.3 Å². The highest BCUT2D eigenvalue weighted by atomic mass is 19.3. The Balaban J connectivity index is 1.35. The number of methoxy groups -OCH3 is 1. The van der Waals surface area contributed by atoms with Crippen molar-refractivity contribution >= 4 is 22.5 Å². The van der Waals surface area contributed by atoms with Crippen molar-refractivity contribution in [2.45, 2.75) is 43.4 Å². The average molecular weight is 487 g/mol. The van der Waals surface area contributed by atoms with Gasteiger partial charge in [0.2, 0.25) is 11.8 Å². The third-order valence-electron chi connectivity index (χ3n) is 6.93. The van der Waals surface area contributed by atoms with Crippen LogP contribution in [0.15, 0.2) is 30.5 Å². The van der Waals surface area contributed by atoms with Crippen LogP contribution in [-0.4, -0.2) is 79.9 Å². The molecule has 0 radical (unpaired) electrons. The molecule has 0 bridgehead atoms. The molecular formula is C23H25F3N8O. The maximum absolute atomic E-state index is 14.5. The van der Waals surface area contributed by atoms with Gasteiger partial charge in [0, 0.05) is 37.7 Å². The number of benzene rings is 1. The van der Waals surface area contributed by atoms with E-state index in [1.54, 1.807) is 15.4 Å². The number of likely N-dealkylation sites (tertiary alicyclic amines) is 1. The van der Waals surface area contributed by atoms with Crippen molar-refractivity contribution < 1.29 is 17.9 Å². The molecule has 35 heavy (non-hydrogen) atoms. The van der Waals surface area contributed by atoms with Gasteiger partial charge in [0.25, 0.3) is 5.92 Å². The molecule has 1 saturated heterocycles. The number of hydrogen-bond donors (Lipinski definition) is 1. The standard InChI is InChI=1S/C23H25F3N8O/c1-32-7-6-17(16(24)12-32)27-22-28-21(35-2)20-15(5-8-33(20)30-22)13-3-4-18-19(9-13)34(31-29-18)14-10-23(25,26)11-14/h3-5,8-9,14,16-17H,6-7,10-12H2,1-2H3,(H,27,30)/t16-,17+/m0/s1. The number of halogens is 3. The van der Waals surface area contributed by atoms with Crippen LogP contribution in [-0.2, 0) is 0 Å². The molecule has 9 nitrogen and oxygen atoms in total. The molecule has 4 heterocycles. The smallest absolute Gasteiger partial charge is 0.252 e. The van der Waals surface area contributed by atoms with Crippen LogP contribution >= 0.6 is 0 Å². The van der Waals surface area contributed by atoms with E-state index in [-0.39, 0.29) is 30.9 Å². The van der Waals surface area contributed by atoms with E-state index in [1.807, 2.05) is 36.2 Å². The Bertz CT molecular complexity index is 1390. The lowest BCUT2D eigenvalue weighted by molar-refractivity contribution is -0.106. The largest absolute Gasteiger partial charge is 0.479 e. The first-order chi connectivity index (χ1) is 16.8. The van der Waals surface area contributed by atoms with E-state index in [1.165, 1.54) is 7.11 Å². The van der Waals surface area contributed by atoms with Crippen molar-refractivity contribution in [3.05, 3.63) is 30.5 Å². The van der Waals surface area contributed by atoms with Gasteiger partial charge in [-0.25, -0.2) is 22.4 Å². The SMILES string of the molecule is COc1nc(N[C@@H]2CCN(C)C[C@@H]2F)nn2ccc(-c3ccc4nnn(C5CC(F)(F)C5)c4c3)c12. The van der Waals surface area contributed by atoms with Crippen molar-refractivity contribution in [3.63, 3.8) is 0 Å². The predicted molar refractivity (Wildman–Crippen MR) is 124 cm³/mol. The zero-order valence-corrected chi connectivity index (χ0v) is 19.3. The Morgan fingerprint density at radius 1 is 1.20 bits per heavy atom. The summed E-state index contributed by atoms with van der Waals surface area (Å²) in [5, 5.41) is 15.9. The Morgan fingerprint density at radius 3 is 2.77 bits per heavy atom. The van der Waals surface area contributed by atoms with Crippen LogP contribution < -0.4 is 10.1 Å². The van der Waals surface area contributed by atoms with E-state index in [2.05, 4.69) is 25.7 Å². The van der Waals surface area contributed by atoms with Crippen LogP contribution in [0.3, 0.4) is 0 Å². The van der Waals surface area contributed by atoms with Gasteiger partial charge in [0.05, 0.1) is 24.7 Å². The molecule has 2 atom stereocenters. The number of fused-ring (bicyclic) bond motifs is 2. The molecule has 1 aliphatic heterocycles. The summed E-state index contributed by atoms with van der Waals surface area (Å²) in [6.07, 6.45) is 0.930. The number of alkyl halides is 3. The molecule has 1 saturated carbocycles. The van der Waals surface area contributed by atoms with Crippen molar-refractivity contribution in [1.82, 2.24) is 34.5 Å². The first-order valence-electron chi connectivity index (χ1n) is 11.6. The summed E-state index contributed by atoms with van der Waals surface area (Å²) < 4.78 is 50.2. The molecule has 184 valence electrons. The van der Waals surface area contributed by atoms with Gasteiger partial charge in [-0.3, -0.25) is 0 Å². The second kappa shape index (κ2) is 8.08. The minimum atomic E-state index is -2.65. The van der Waals surface area contributed by atoms with Crippen LogP contribution in [0.5, 0.6) is 5.88 Å². The third-order valence-corrected chi connectivity index (χ3v) is 6.93. The number of anilines is 1. The van der Waals surface area contributed by atoms with E-state index in [0.717, 1.165) is 17.7 Å². The fourth-order valence-corrected chi connectivity index (χ4v) is 4.99. The fourth-order valence-electron chi connectivity index (χ4n) is 4.99. The molecule has 2 fully saturated rings. The lowest BCUT2D eigenvalue weighted by atomic mass is 9.88. The van der Waals surface area contributed by atoms with E-state index < -0.39 is 12.1 Å². The van der Waals surface area contributed by atoms with Gasteiger partial charge in [-0.1, -0.05) is 11.3 Å². The van der Waals surface area contributed by atoms with Crippen LogP contribution in [0, 0.1) is 0 Å². The molecule has 0 amide bonds. The maximum Gasteiger partial charge on any atom is 0.252 e. The van der Waals surface area contributed by atoms with E-state index >= 15 is 0 Å². The number of nitrogens with one attached hydrogen (secondary N) is 1. The van der Waals surface area contributed by atoms with Crippen molar-refractivity contribution in [2.75, 3.05) is 32.6 Å². The first-order valence-corrected chi connectivity index (χ1v) is 11.6. The molecule has 1 aliphatic carbocycles. The molecular weight excluding hydrogens is 461 g/mol. The molecule has 12 heteroatoms. The summed E-state index contributed by atoms with van der Waals surface area (Å²) in [5.74, 6) is -2.01. The minimum Gasteiger partial charge on any atom is -0.479 e. The van der Waals surface area contributed by atoms with Gasteiger partial charge in [0.15, 0.2) is 0 Å². The number of aromatic nitrogens is 6. The Morgan fingerprint density at radius 2 is 2.03 bits per heavy atom. The summed E-state index contributed by atoms with van der Waals surface area (Å²) in [4.78, 5) is 6.46. The van der Waals surface area contributed by atoms with Gasteiger partial charge in [-0.2, -0.15) is 4.98 Å². The van der Waals surface area contributed by atoms with Gasteiger partial charge < -0.3 is 15.0 Å². The summed E-state index contributed by atoms with van der Waals surface area (Å²) in [6.45, 7) is 1.15. The highest BCUT2D eigenvalue weighted by molar-refractivity contribution is 5.89. The van der Waals surface area contributed by atoms with Gasteiger partial charge in [0.1, 0.15) is 17.2 Å². The van der Waals surface area contributed by atoms with Crippen LogP contribution in [0.25, 0.3) is 27.7 Å². The van der Waals surface area contributed by atoms with Crippen molar-refractivity contribution in [3.8, 4) is 17.0 Å².